The van der Waals surface area contributed by atoms with Gasteiger partial charge in [0.05, 0.1) is 12.1 Å². The average Bonchev–Trinajstić information content (AvgIpc) is 2.28. The van der Waals surface area contributed by atoms with E-state index >= 15 is 0 Å². The summed E-state index contributed by atoms with van der Waals surface area (Å²) in [4.78, 5) is 10.2. The van der Waals surface area contributed by atoms with Crippen molar-refractivity contribution in [1.29, 1.82) is 0 Å². The molecule has 0 aliphatic rings. The van der Waals surface area contributed by atoms with Gasteiger partial charge in [-0.25, -0.2) is 0 Å². The largest absolute Gasteiger partial charge is 0.481 e. The van der Waals surface area contributed by atoms with Crippen molar-refractivity contribution in [3.8, 4) is 0 Å². The molecule has 0 aliphatic heterocycles. The molecule has 0 saturated heterocycles. The van der Waals surface area contributed by atoms with Crippen LogP contribution in [0.3, 0.4) is 0 Å². The molecule has 0 atom stereocenters. The third-order valence-electron chi connectivity index (χ3n) is 1.56. The van der Waals surface area contributed by atoms with Gasteiger partial charge in [0, 0.05) is 19.5 Å². The minimum absolute atomic E-state index is 0.0937. The van der Waals surface area contributed by atoms with Crippen molar-refractivity contribution >= 4 is 11.8 Å². The molecule has 66 valence electrons. The summed E-state index contributed by atoms with van der Waals surface area (Å²) in [5.74, 6) is -0.269. The lowest BCUT2D eigenvalue weighted by Crippen LogP contribution is -1.99. The second-order valence-corrected chi connectivity index (χ2v) is 2.58. The van der Waals surface area contributed by atoms with Gasteiger partial charge in [0.2, 0.25) is 0 Å². The summed E-state index contributed by atoms with van der Waals surface area (Å²) in [6.45, 7) is 0. The van der Waals surface area contributed by atoms with Gasteiger partial charge in [0.15, 0.2) is 0 Å². The van der Waals surface area contributed by atoms with E-state index in [1.165, 1.54) is 4.68 Å². The monoisotopic (exact) mass is 169 g/mol. The Balaban J connectivity index is 2.58. The fraction of sp³-hybridized carbons (Fsp3) is 0.429. The summed E-state index contributed by atoms with van der Waals surface area (Å²) < 4.78 is 1.52. The number of aryl methyl sites for hydroxylation is 2. The summed E-state index contributed by atoms with van der Waals surface area (Å²) in [6.07, 6.45) is 0.525. The number of aromatic nitrogens is 2. The molecule has 0 unspecified atom stereocenters. The normalized spacial score (nSPS) is 10.1. The van der Waals surface area contributed by atoms with Crippen LogP contribution in [0.4, 0.5) is 5.82 Å². The zero-order valence-corrected chi connectivity index (χ0v) is 6.82. The van der Waals surface area contributed by atoms with Gasteiger partial charge in [0.1, 0.15) is 5.82 Å². The first-order chi connectivity index (χ1) is 5.59. The van der Waals surface area contributed by atoms with Crippen LogP contribution in [0.2, 0.25) is 0 Å². The predicted octanol–water partition coefficient (Wildman–Crippen LogP) is 0.0195. The molecule has 0 bridgehead atoms. The number of hydrogen-bond acceptors (Lipinski definition) is 3. The van der Waals surface area contributed by atoms with Gasteiger partial charge >= 0.3 is 5.97 Å². The number of carbonyl (C=O) groups is 1. The van der Waals surface area contributed by atoms with Crippen LogP contribution in [0.1, 0.15) is 12.1 Å². The molecular weight excluding hydrogens is 158 g/mol. The Morgan fingerprint density at radius 1 is 1.83 bits per heavy atom. The quantitative estimate of drug-likeness (QED) is 0.668. The van der Waals surface area contributed by atoms with Crippen molar-refractivity contribution < 1.29 is 9.90 Å². The fourth-order valence-corrected chi connectivity index (χ4v) is 0.901. The van der Waals surface area contributed by atoms with Gasteiger partial charge in [-0.1, -0.05) is 0 Å². The van der Waals surface area contributed by atoms with Crippen molar-refractivity contribution in [2.45, 2.75) is 12.8 Å². The number of nitrogens with two attached hydrogens (primary N) is 1. The second-order valence-electron chi connectivity index (χ2n) is 2.58. The molecule has 0 aromatic carbocycles. The molecule has 0 aliphatic carbocycles. The first-order valence-electron chi connectivity index (χ1n) is 3.60. The molecule has 0 spiro atoms. The smallest absolute Gasteiger partial charge is 0.303 e. The van der Waals surface area contributed by atoms with Crippen LogP contribution in [0.5, 0.6) is 0 Å². The van der Waals surface area contributed by atoms with Gasteiger partial charge in [-0.3, -0.25) is 9.48 Å². The Morgan fingerprint density at radius 2 is 2.50 bits per heavy atom. The molecule has 1 aromatic rings. The molecule has 1 rings (SSSR count). The average molecular weight is 169 g/mol. The maximum Gasteiger partial charge on any atom is 0.303 e. The lowest BCUT2D eigenvalue weighted by Gasteiger charge is -1.90. The number of rotatable bonds is 3. The highest BCUT2D eigenvalue weighted by Crippen LogP contribution is 2.06. The van der Waals surface area contributed by atoms with Crippen LogP contribution in [-0.2, 0) is 18.3 Å². The Kier molecular flexibility index (Phi) is 2.32. The zero-order chi connectivity index (χ0) is 9.14. The first-order valence-corrected chi connectivity index (χ1v) is 3.60. The lowest BCUT2D eigenvalue weighted by molar-refractivity contribution is -0.136. The predicted molar refractivity (Wildman–Crippen MR) is 43.6 cm³/mol. The van der Waals surface area contributed by atoms with E-state index in [2.05, 4.69) is 5.10 Å². The number of carboxylic acid groups (broad SMARTS) is 1. The Bertz CT molecular complexity index is 273. The van der Waals surface area contributed by atoms with E-state index < -0.39 is 5.97 Å². The van der Waals surface area contributed by atoms with Crippen LogP contribution in [0.15, 0.2) is 6.07 Å². The highest BCUT2D eigenvalue weighted by Gasteiger charge is 2.03. The minimum atomic E-state index is -0.820. The van der Waals surface area contributed by atoms with E-state index in [1.807, 2.05) is 0 Å². The Hall–Kier alpha value is -1.52. The summed E-state index contributed by atoms with van der Waals surface area (Å²) in [7, 11) is 1.72. The van der Waals surface area contributed by atoms with Crippen molar-refractivity contribution in [1.82, 2.24) is 9.78 Å². The van der Waals surface area contributed by atoms with Gasteiger partial charge in [-0.15, -0.1) is 0 Å². The molecule has 0 fully saturated rings. The standard InChI is InChI=1S/C7H11N3O2/c1-10-6(8)4-5(9-10)2-3-7(11)12/h4H,2-3,8H2,1H3,(H,11,12). The Labute approximate surface area is 69.8 Å². The lowest BCUT2D eigenvalue weighted by atomic mass is 10.2. The van der Waals surface area contributed by atoms with E-state index in [4.69, 9.17) is 10.8 Å². The van der Waals surface area contributed by atoms with E-state index in [1.54, 1.807) is 13.1 Å². The van der Waals surface area contributed by atoms with Gasteiger partial charge < -0.3 is 10.8 Å². The van der Waals surface area contributed by atoms with Crippen molar-refractivity contribution in [3.63, 3.8) is 0 Å². The molecule has 3 N–H and O–H groups in total. The van der Waals surface area contributed by atoms with E-state index in [0.29, 0.717) is 12.2 Å². The third-order valence-corrected chi connectivity index (χ3v) is 1.56. The summed E-state index contributed by atoms with van der Waals surface area (Å²) >= 11 is 0. The topological polar surface area (TPSA) is 81.1 Å². The first kappa shape index (κ1) is 8.58. The number of nitrogens with zero attached hydrogens (tertiary/aromatic N) is 2. The minimum Gasteiger partial charge on any atom is -0.481 e. The maximum atomic E-state index is 10.2. The number of nitrogen functional groups attached to an aromatic ring is 1. The van der Waals surface area contributed by atoms with E-state index in [9.17, 15) is 4.79 Å². The summed E-state index contributed by atoms with van der Waals surface area (Å²) in [5.41, 5.74) is 6.22. The van der Waals surface area contributed by atoms with Crippen molar-refractivity contribution in [2.75, 3.05) is 5.73 Å². The van der Waals surface area contributed by atoms with Gasteiger partial charge in [-0.05, 0) is 0 Å². The van der Waals surface area contributed by atoms with Crippen LogP contribution in [0, 0.1) is 0 Å². The van der Waals surface area contributed by atoms with Crippen LogP contribution in [-0.4, -0.2) is 20.9 Å². The molecule has 5 heteroatoms. The van der Waals surface area contributed by atoms with Crippen molar-refractivity contribution in [2.24, 2.45) is 7.05 Å². The van der Waals surface area contributed by atoms with Gasteiger partial charge in [-0.2, -0.15) is 5.10 Å². The Morgan fingerprint density at radius 3 is 2.92 bits per heavy atom. The molecular formula is C7H11N3O2. The highest BCUT2D eigenvalue weighted by molar-refractivity contribution is 5.67. The molecule has 1 aromatic heterocycles. The number of anilines is 1. The third kappa shape index (κ3) is 1.98. The highest BCUT2D eigenvalue weighted by atomic mass is 16.4. The zero-order valence-electron chi connectivity index (χ0n) is 6.82. The molecule has 0 radical (unpaired) electrons. The number of hydrogen-bond donors (Lipinski definition) is 2. The number of carboxylic acids is 1. The maximum absolute atomic E-state index is 10.2. The molecule has 0 saturated carbocycles. The number of aliphatic carboxylic acids is 1. The molecule has 0 amide bonds. The molecule has 5 nitrogen and oxygen atoms in total. The molecule has 1 heterocycles. The molecule has 12 heavy (non-hydrogen) atoms. The van der Waals surface area contributed by atoms with E-state index in [0.717, 1.165) is 5.69 Å². The van der Waals surface area contributed by atoms with Crippen LogP contribution < -0.4 is 5.73 Å². The summed E-state index contributed by atoms with van der Waals surface area (Å²) in [5, 5.41) is 12.4. The second kappa shape index (κ2) is 3.25. The fourth-order valence-electron chi connectivity index (χ4n) is 0.901. The SMILES string of the molecule is Cn1nc(CCC(=O)O)cc1N. The van der Waals surface area contributed by atoms with Gasteiger partial charge in [0.25, 0.3) is 0 Å². The van der Waals surface area contributed by atoms with E-state index in [-0.39, 0.29) is 6.42 Å². The van der Waals surface area contributed by atoms with Crippen LogP contribution in [0.25, 0.3) is 0 Å². The summed E-state index contributed by atoms with van der Waals surface area (Å²) in [6, 6.07) is 1.68. The van der Waals surface area contributed by atoms with Crippen molar-refractivity contribution in [3.05, 3.63) is 11.8 Å². The van der Waals surface area contributed by atoms with Crippen LogP contribution >= 0.6 is 0 Å².